The van der Waals surface area contributed by atoms with Crippen molar-refractivity contribution in [1.82, 2.24) is 4.98 Å². The number of carboxylic acid groups (broad SMARTS) is 1. The number of rotatable bonds is 2. The van der Waals surface area contributed by atoms with Gasteiger partial charge in [0.1, 0.15) is 0 Å². The Kier molecular flexibility index (Phi) is 2.63. The van der Waals surface area contributed by atoms with E-state index in [0.717, 1.165) is 0 Å². The highest BCUT2D eigenvalue weighted by Gasteiger charge is 2.10. The van der Waals surface area contributed by atoms with Gasteiger partial charge in [0.05, 0.1) is 17.9 Å². The normalized spacial score (nSPS) is 10.1. The van der Waals surface area contributed by atoms with Crippen LogP contribution in [0.3, 0.4) is 0 Å². The van der Waals surface area contributed by atoms with Crippen molar-refractivity contribution in [3.05, 3.63) is 28.6 Å². The summed E-state index contributed by atoms with van der Waals surface area (Å²) in [6, 6.07) is 1.46. The van der Waals surface area contributed by atoms with Crippen LogP contribution in [-0.2, 0) is 6.61 Å². The quantitative estimate of drug-likeness (QED) is 0.710. The summed E-state index contributed by atoms with van der Waals surface area (Å²) in [6.45, 7) is 3.20. The van der Waals surface area contributed by atoms with Gasteiger partial charge < -0.3 is 10.2 Å². The molecule has 1 rings (SSSR count). The number of aromatic nitrogens is 1. The van der Waals surface area contributed by atoms with Gasteiger partial charge in [0.15, 0.2) is 0 Å². The van der Waals surface area contributed by atoms with E-state index in [9.17, 15) is 4.79 Å². The molecule has 1 aromatic rings. The van der Waals surface area contributed by atoms with Crippen LogP contribution >= 0.6 is 0 Å². The van der Waals surface area contributed by atoms with Crippen LogP contribution in [0.25, 0.3) is 0 Å². The van der Waals surface area contributed by atoms with E-state index in [1.54, 1.807) is 13.8 Å². The minimum Gasteiger partial charge on any atom is -0.478 e. The molecule has 0 atom stereocenters. The molecule has 2 N–H and O–H groups in total. The number of carboxylic acids is 1. The molecule has 0 saturated heterocycles. The lowest BCUT2D eigenvalue weighted by molar-refractivity contribution is 0.0695. The van der Waals surface area contributed by atoms with Gasteiger partial charge in [-0.2, -0.15) is 0 Å². The Labute approximate surface area is 75.9 Å². The van der Waals surface area contributed by atoms with Gasteiger partial charge in [-0.05, 0) is 25.5 Å². The second-order valence-electron chi connectivity index (χ2n) is 2.83. The molecule has 0 spiro atoms. The Bertz CT molecular complexity index is 347. The Morgan fingerprint density at radius 3 is 2.54 bits per heavy atom. The zero-order chi connectivity index (χ0) is 10.0. The minimum atomic E-state index is -1.01. The van der Waals surface area contributed by atoms with Gasteiger partial charge >= 0.3 is 5.97 Å². The number of aliphatic hydroxyl groups excluding tert-OH is 1. The molecule has 70 valence electrons. The van der Waals surface area contributed by atoms with Gasteiger partial charge in [0, 0.05) is 5.69 Å². The minimum absolute atomic E-state index is 0.148. The molecule has 0 radical (unpaired) electrons. The van der Waals surface area contributed by atoms with E-state index in [4.69, 9.17) is 10.2 Å². The molecule has 0 fully saturated rings. The van der Waals surface area contributed by atoms with Crippen LogP contribution in [0.4, 0.5) is 0 Å². The zero-order valence-electron chi connectivity index (χ0n) is 7.53. The molecular weight excluding hydrogens is 170 g/mol. The summed E-state index contributed by atoms with van der Waals surface area (Å²) in [5.41, 5.74) is 1.85. The molecule has 0 aliphatic heterocycles. The average molecular weight is 181 g/mol. The summed E-state index contributed by atoms with van der Waals surface area (Å²) in [7, 11) is 0. The summed E-state index contributed by atoms with van der Waals surface area (Å²) in [5.74, 6) is -1.01. The average Bonchev–Trinajstić information content (AvgIpc) is 2.03. The highest BCUT2D eigenvalue weighted by Crippen LogP contribution is 2.12. The van der Waals surface area contributed by atoms with Crippen molar-refractivity contribution in [3.8, 4) is 0 Å². The fraction of sp³-hybridized carbons (Fsp3) is 0.333. The van der Waals surface area contributed by atoms with E-state index >= 15 is 0 Å². The number of carbonyl (C=O) groups is 1. The first-order valence-corrected chi connectivity index (χ1v) is 3.87. The predicted octanol–water partition coefficient (Wildman–Crippen LogP) is 0.889. The van der Waals surface area contributed by atoms with Crippen LogP contribution in [0.5, 0.6) is 0 Å². The van der Waals surface area contributed by atoms with Gasteiger partial charge in [-0.3, -0.25) is 4.98 Å². The Morgan fingerprint density at radius 1 is 1.46 bits per heavy atom. The van der Waals surface area contributed by atoms with Crippen molar-refractivity contribution in [1.29, 1.82) is 0 Å². The SMILES string of the molecule is Cc1nc(C)c(C(=O)O)cc1CO. The summed E-state index contributed by atoms with van der Waals surface area (Å²) < 4.78 is 0. The Hall–Kier alpha value is -1.42. The molecule has 0 aliphatic rings. The van der Waals surface area contributed by atoms with E-state index in [-0.39, 0.29) is 12.2 Å². The van der Waals surface area contributed by atoms with Crippen molar-refractivity contribution < 1.29 is 15.0 Å². The third kappa shape index (κ3) is 1.84. The maximum Gasteiger partial charge on any atom is 0.337 e. The predicted molar refractivity (Wildman–Crippen MR) is 46.6 cm³/mol. The fourth-order valence-electron chi connectivity index (χ4n) is 1.14. The lowest BCUT2D eigenvalue weighted by Gasteiger charge is -2.05. The van der Waals surface area contributed by atoms with Crippen LogP contribution in [0.2, 0.25) is 0 Å². The molecule has 0 saturated carbocycles. The third-order valence-corrected chi connectivity index (χ3v) is 1.91. The monoisotopic (exact) mass is 181 g/mol. The maximum absolute atomic E-state index is 10.7. The number of pyridine rings is 1. The van der Waals surface area contributed by atoms with Crippen molar-refractivity contribution >= 4 is 5.97 Å². The molecule has 0 amide bonds. The van der Waals surface area contributed by atoms with E-state index in [2.05, 4.69) is 4.98 Å². The Morgan fingerprint density at radius 2 is 2.08 bits per heavy atom. The van der Waals surface area contributed by atoms with Gasteiger partial charge in [-0.15, -0.1) is 0 Å². The van der Waals surface area contributed by atoms with Gasteiger partial charge in [0.2, 0.25) is 0 Å². The topological polar surface area (TPSA) is 70.4 Å². The van der Waals surface area contributed by atoms with Gasteiger partial charge in [-0.1, -0.05) is 0 Å². The fourth-order valence-corrected chi connectivity index (χ4v) is 1.14. The van der Waals surface area contributed by atoms with Crippen LogP contribution in [0.15, 0.2) is 6.07 Å². The number of aliphatic hydroxyl groups is 1. The lowest BCUT2D eigenvalue weighted by Crippen LogP contribution is -2.05. The molecule has 1 aromatic heterocycles. The first-order chi connectivity index (χ1) is 6.06. The van der Waals surface area contributed by atoms with E-state index in [1.165, 1.54) is 6.07 Å². The molecule has 4 nitrogen and oxygen atoms in total. The third-order valence-electron chi connectivity index (χ3n) is 1.91. The van der Waals surface area contributed by atoms with E-state index < -0.39 is 5.97 Å². The molecule has 13 heavy (non-hydrogen) atoms. The van der Waals surface area contributed by atoms with Crippen molar-refractivity contribution in [2.45, 2.75) is 20.5 Å². The summed E-state index contributed by atoms with van der Waals surface area (Å²) in [4.78, 5) is 14.7. The molecule has 0 aliphatic carbocycles. The Balaban J connectivity index is 3.30. The van der Waals surface area contributed by atoms with E-state index in [0.29, 0.717) is 17.0 Å². The lowest BCUT2D eigenvalue weighted by atomic mass is 10.1. The van der Waals surface area contributed by atoms with Crippen LogP contribution < -0.4 is 0 Å². The molecule has 4 heteroatoms. The van der Waals surface area contributed by atoms with Crippen LogP contribution in [-0.4, -0.2) is 21.2 Å². The molecular formula is C9H11NO3. The highest BCUT2D eigenvalue weighted by atomic mass is 16.4. The number of nitrogens with zero attached hydrogens (tertiary/aromatic N) is 1. The largest absolute Gasteiger partial charge is 0.478 e. The van der Waals surface area contributed by atoms with Crippen molar-refractivity contribution in [2.75, 3.05) is 0 Å². The molecule has 1 heterocycles. The summed E-state index contributed by atoms with van der Waals surface area (Å²) in [6.07, 6.45) is 0. The second-order valence-corrected chi connectivity index (χ2v) is 2.83. The molecule has 0 unspecified atom stereocenters. The van der Waals surface area contributed by atoms with E-state index in [1.807, 2.05) is 0 Å². The number of hydrogen-bond acceptors (Lipinski definition) is 3. The highest BCUT2D eigenvalue weighted by molar-refractivity contribution is 5.89. The van der Waals surface area contributed by atoms with Gasteiger partial charge in [-0.25, -0.2) is 4.79 Å². The standard InChI is InChI=1S/C9H11NO3/c1-5-7(4-11)3-8(9(12)13)6(2)10-5/h3,11H,4H2,1-2H3,(H,12,13). The maximum atomic E-state index is 10.7. The van der Waals surface area contributed by atoms with Crippen LogP contribution in [0.1, 0.15) is 27.3 Å². The van der Waals surface area contributed by atoms with Crippen molar-refractivity contribution in [3.63, 3.8) is 0 Å². The van der Waals surface area contributed by atoms with Crippen molar-refractivity contribution in [2.24, 2.45) is 0 Å². The number of hydrogen-bond donors (Lipinski definition) is 2. The summed E-state index contributed by atoms with van der Waals surface area (Å²) in [5, 5.41) is 17.6. The summed E-state index contributed by atoms with van der Waals surface area (Å²) >= 11 is 0. The second kappa shape index (κ2) is 3.53. The number of aromatic carboxylic acids is 1. The first kappa shape index (κ1) is 9.67. The zero-order valence-corrected chi connectivity index (χ0v) is 7.53. The molecule has 0 aromatic carbocycles. The van der Waals surface area contributed by atoms with Gasteiger partial charge in [0.25, 0.3) is 0 Å². The smallest absolute Gasteiger partial charge is 0.337 e. The van der Waals surface area contributed by atoms with Crippen LogP contribution in [0, 0.1) is 13.8 Å². The molecule has 0 bridgehead atoms. The number of aryl methyl sites for hydroxylation is 2. The first-order valence-electron chi connectivity index (χ1n) is 3.87.